The lowest BCUT2D eigenvalue weighted by Crippen LogP contribution is -2.23. The Kier molecular flexibility index (Phi) is 3.11. The van der Waals surface area contributed by atoms with Crippen molar-refractivity contribution >= 4 is 27.5 Å². The van der Waals surface area contributed by atoms with Crippen LogP contribution < -0.4 is 0 Å². The Morgan fingerprint density at radius 2 is 2.16 bits per heavy atom. The standard InChI is InChI=1S/C15H15NO2S/c1-9-6-7-12-13(8-9)19-14(16-12)10-4-2-3-5-11(10)15(17)18/h2-3,6-8,10-11H,4-5H2,1H3,(H,17,18). The van der Waals surface area contributed by atoms with E-state index in [0.29, 0.717) is 6.42 Å². The fourth-order valence-corrected chi connectivity index (χ4v) is 3.81. The summed E-state index contributed by atoms with van der Waals surface area (Å²) < 4.78 is 1.15. The van der Waals surface area contributed by atoms with Gasteiger partial charge in [0, 0.05) is 5.92 Å². The number of aromatic nitrogens is 1. The van der Waals surface area contributed by atoms with Crippen LogP contribution in [0.15, 0.2) is 30.4 Å². The highest BCUT2D eigenvalue weighted by atomic mass is 32.1. The second-order valence-electron chi connectivity index (χ2n) is 5.02. The van der Waals surface area contributed by atoms with Gasteiger partial charge in [0.05, 0.1) is 21.1 Å². The molecular weight excluding hydrogens is 258 g/mol. The number of thiazole rings is 1. The van der Waals surface area contributed by atoms with Crippen LogP contribution in [0.1, 0.15) is 29.3 Å². The van der Waals surface area contributed by atoms with Crippen LogP contribution in [-0.2, 0) is 4.79 Å². The molecule has 0 radical (unpaired) electrons. The number of benzene rings is 1. The van der Waals surface area contributed by atoms with Gasteiger partial charge in [-0.05, 0) is 37.5 Å². The molecule has 3 rings (SSSR count). The Morgan fingerprint density at radius 1 is 1.37 bits per heavy atom. The van der Waals surface area contributed by atoms with Gasteiger partial charge in [0.15, 0.2) is 0 Å². The molecule has 2 unspecified atom stereocenters. The molecule has 3 nitrogen and oxygen atoms in total. The van der Waals surface area contributed by atoms with Gasteiger partial charge >= 0.3 is 5.97 Å². The zero-order valence-electron chi connectivity index (χ0n) is 10.7. The molecule has 0 amide bonds. The number of carbonyl (C=O) groups is 1. The van der Waals surface area contributed by atoms with Gasteiger partial charge < -0.3 is 5.11 Å². The summed E-state index contributed by atoms with van der Waals surface area (Å²) in [5, 5.41) is 10.3. The summed E-state index contributed by atoms with van der Waals surface area (Å²) in [6, 6.07) is 6.17. The molecule has 2 aromatic rings. The molecule has 1 aliphatic carbocycles. The zero-order valence-corrected chi connectivity index (χ0v) is 11.5. The summed E-state index contributed by atoms with van der Waals surface area (Å²) in [7, 11) is 0. The van der Waals surface area contributed by atoms with Gasteiger partial charge in [-0.15, -0.1) is 11.3 Å². The molecule has 0 saturated carbocycles. The molecule has 1 heterocycles. The molecule has 4 heteroatoms. The third-order valence-electron chi connectivity index (χ3n) is 3.63. The first-order chi connectivity index (χ1) is 9.15. The monoisotopic (exact) mass is 273 g/mol. The average molecular weight is 273 g/mol. The Morgan fingerprint density at radius 3 is 2.95 bits per heavy atom. The normalized spacial score (nSPS) is 22.8. The van der Waals surface area contributed by atoms with Crippen LogP contribution in [-0.4, -0.2) is 16.1 Å². The lowest BCUT2D eigenvalue weighted by molar-refractivity contribution is -0.142. The highest BCUT2D eigenvalue weighted by molar-refractivity contribution is 7.18. The number of carboxylic acid groups (broad SMARTS) is 1. The molecule has 2 atom stereocenters. The van der Waals surface area contributed by atoms with Crippen LogP contribution >= 0.6 is 11.3 Å². The maximum Gasteiger partial charge on any atom is 0.307 e. The van der Waals surface area contributed by atoms with Gasteiger partial charge in [-0.1, -0.05) is 18.2 Å². The highest BCUT2D eigenvalue weighted by Gasteiger charge is 2.32. The number of allylic oxidation sites excluding steroid dienone is 2. The summed E-state index contributed by atoms with van der Waals surface area (Å²) in [5.74, 6) is -1.04. The molecule has 1 aromatic heterocycles. The molecule has 1 N–H and O–H groups in total. The van der Waals surface area contributed by atoms with E-state index in [1.165, 1.54) is 5.56 Å². The summed E-state index contributed by atoms with van der Waals surface area (Å²) in [5.41, 5.74) is 2.19. The van der Waals surface area contributed by atoms with E-state index in [9.17, 15) is 9.90 Å². The van der Waals surface area contributed by atoms with Crippen molar-refractivity contribution in [1.29, 1.82) is 0 Å². The fourth-order valence-electron chi connectivity index (χ4n) is 2.57. The largest absolute Gasteiger partial charge is 0.481 e. The van der Waals surface area contributed by atoms with Gasteiger partial charge in [0.1, 0.15) is 0 Å². The van der Waals surface area contributed by atoms with E-state index in [4.69, 9.17) is 0 Å². The topological polar surface area (TPSA) is 50.2 Å². The third kappa shape index (κ3) is 2.28. The van der Waals surface area contributed by atoms with E-state index in [2.05, 4.69) is 24.1 Å². The lowest BCUT2D eigenvalue weighted by Gasteiger charge is -2.22. The quantitative estimate of drug-likeness (QED) is 0.848. The summed E-state index contributed by atoms with van der Waals surface area (Å²) >= 11 is 1.63. The van der Waals surface area contributed by atoms with Gasteiger partial charge in [0.2, 0.25) is 0 Å². The van der Waals surface area contributed by atoms with E-state index < -0.39 is 5.97 Å². The van der Waals surface area contributed by atoms with Crippen LogP contribution in [0, 0.1) is 12.8 Å². The zero-order chi connectivity index (χ0) is 13.4. The highest BCUT2D eigenvalue weighted by Crippen LogP contribution is 2.38. The maximum atomic E-state index is 11.4. The predicted octanol–water partition coefficient (Wildman–Crippen LogP) is 3.74. The number of fused-ring (bicyclic) bond motifs is 1. The van der Waals surface area contributed by atoms with Gasteiger partial charge in [-0.2, -0.15) is 0 Å². The Labute approximate surface area is 115 Å². The van der Waals surface area contributed by atoms with Crippen LogP contribution in [0.25, 0.3) is 10.2 Å². The van der Waals surface area contributed by atoms with E-state index in [1.54, 1.807) is 11.3 Å². The van der Waals surface area contributed by atoms with Gasteiger partial charge in [-0.25, -0.2) is 4.98 Å². The smallest absolute Gasteiger partial charge is 0.307 e. The second-order valence-corrected chi connectivity index (χ2v) is 6.08. The first-order valence-corrected chi connectivity index (χ1v) is 7.21. The van der Waals surface area contributed by atoms with E-state index in [-0.39, 0.29) is 11.8 Å². The molecular formula is C15H15NO2S. The van der Waals surface area contributed by atoms with Crippen molar-refractivity contribution in [3.63, 3.8) is 0 Å². The van der Waals surface area contributed by atoms with E-state index in [1.807, 2.05) is 18.2 Å². The molecule has 0 spiro atoms. The van der Waals surface area contributed by atoms with Gasteiger partial charge in [-0.3, -0.25) is 4.79 Å². The maximum absolute atomic E-state index is 11.4. The number of aryl methyl sites for hydroxylation is 1. The average Bonchev–Trinajstić information content (AvgIpc) is 2.81. The molecule has 1 aliphatic rings. The minimum absolute atomic E-state index is 0.0141. The van der Waals surface area contributed by atoms with Crippen LogP contribution in [0.4, 0.5) is 0 Å². The molecule has 0 aliphatic heterocycles. The molecule has 19 heavy (non-hydrogen) atoms. The number of nitrogens with zero attached hydrogens (tertiary/aromatic N) is 1. The Balaban J connectivity index is 2.02. The summed E-state index contributed by atoms with van der Waals surface area (Å²) in [6.45, 7) is 2.06. The molecule has 0 fully saturated rings. The predicted molar refractivity (Wildman–Crippen MR) is 76.6 cm³/mol. The molecule has 0 bridgehead atoms. The van der Waals surface area contributed by atoms with Crippen molar-refractivity contribution in [3.8, 4) is 0 Å². The number of aliphatic carboxylic acids is 1. The van der Waals surface area contributed by atoms with E-state index >= 15 is 0 Å². The van der Waals surface area contributed by atoms with Gasteiger partial charge in [0.25, 0.3) is 0 Å². The van der Waals surface area contributed by atoms with Crippen LogP contribution in [0.5, 0.6) is 0 Å². The van der Waals surface area contributed by atoms with Crippen molar-refractivity contribution in [2.45, 2.75) is 25.7 Å². The summed E-state index contributed by atoms with van der Waals surface area (Å²) in [4.78, 5) is 16.0. The lowest BCUT2D eigenvalue weighted by atomic mass is 9.83. The van der Waals surface area contributed by atoms with E-state index in [0.717, 1.165) is 21.6 Å². The Bertz CT molecular complexity index is 659. The number of hydrogen-bond acceptors (Lipinski definition) is 3. The first-order valence-electron chi connectivity index (χ1n) is 6.40. The number of carboxylic acids is 1. The van der Waals surface area contributed by atoms with Crippen molar-refractivity contribution < 1.29 is 9.90 Å². The van der Waals surface area contributed by atoms with Crippen LogP contribution in [0.2, 0.25) is 0 Å². The van der Waals surface area contributed by atoms with Crippen molar-refractivity contribution in [1.82, 2.24) is 4.98 Å². The number of rotatable bonds is 2. The van der Waals surface area contributed by atoms with Crippen molar-refractivity contribution in [2.24, 2.45) is 5.92 Å². The van der Waals surface area contributed by atoms with Crippen molar-refractivity contribution in [2.75, 3.05) is 0 Å². The molecule has 98 valence electrons. The fraction of sp³-hybridized carbons (Fsp3) is 0.333. The third-order valence-corrected chi connectivity index (χ3v) is 4.78. The minimum atomic E-state index is -0.718. The number of hydrogen-bond donors (Lipinski definition) is 1. The Hall–Kier alpha value is -1.68. The summed E-state index contributed by atoms with van der Waals surface area (Å²) in [6.07, 6.45) is 5.42. The molecule has 1 aromatic carbocycles. The first kappa shape index (κ1) is 12.4. The second kappa shape index (κ2) is 4.78. The van der Waals surface area contributed by atoms with Crippen LogP contribution in [0.3, 0.4) is 0 Å². The minimum Gasteiger partial charge on any atom is -0.481 e. The molecule has 0 saturated heterocycles. The SMILES string of the molecule is Cc1ccc2nc(C3CC=CCC3C(=O)O)sc2c1. The van der Waals surface area contributed by atoms with Crippen molar-refractivity contribution in [3.05, 3.63) is 40.9 Å².